The number of aliphatic hydroxyl groups excluding tert-OH is 1. The largest absolute Gasteiger partial charge is 0.481 e. The van der Waals surface area contributed by atoms with Gasteiger partial charge < -0.3 is 10.2 Å². The maximum absolute atomic E-state index is 13.5. The van der Waals surface area contributed by atoms with E-state index in [0.717, 1.165) is 18.2 Å². The topological polar surface area (TPSA) is 57.5 Å². The Labute approximate surface area is 90.3 Å². The predicted octanol–water partition coefficient (Wildman–Crippen LogP) is 1.30. The number of hydrogen-bond donors (Lipinski definition) is 2. The summed E-state index contributed by atoms with van der Waals surface area (Å²) >= 11 is 0. The van der Waals surface area contributed by atoms with Crippen LogP contribution in [-0.4, -0.2) is 22.8 Å². The van der Waals surface area contributed by atoms with Crippen LogP contribution in [0.1, 0.15) is 12.0 Å². The summed E-state index contributed by atoms with van der Waals surface area (Å²) in [6, 6.07) is 2.73. The summed E-state index contributed by atoms with van der Waals surface area (Å²) < 4.78 is 26.4. The van der Waals surface area contributed by atoms with Crippen LogP contribution in [0.2, 0.25) is 0 Å². The average molecular weight is 228 g/mol. The van der Waals surface area contributed by atoms with Crippen LogP contribution in [0, 0.1) is 17.6 Å². The van der Waals surface area contributed by atoms with E-state index in [1.807, 2.05) is 0 Å². The van der Waals surface area contributed by atoms with Gasteiger partial charge in [0.15, 0.2) is 0 Å². The molecule has 1 aliphatic carbocycles. The van der Waals surface area contributed by atoms with Gasteiger partial charge in [-0.1, -0.05) is 0 Å². The molecule has 16 heavy (non-hydrogen) atoms. The van der Waals surface area contributed by atoms with Gasteiger partial charge in [-0.05, 0) is 24.6 Å². The van der Waals surface area contributed by atoms with Crippen molar-refractivity contribution in [1.82, 2.24) is 0 Å². The van der Waals surface area contributed by atoms with E-state index < -0.39 is 28.9 Å². The summed E-state index contributed by atoms with van der Waals surface area (Å²) in [5.41, 5.74) is -1.64. The predicted molar refractivity (Wildman–Crippen MR) is 50.9 cm³/mol. The number of carbonyl (C=O) groups is 1. The van der Waals surface area contributed by atoms with Crippen LogP contribution in [0.15, 0.2) is 18.2 Å². The zero-order chi connectivity index (χ0) is 11.9. The molecule has 2 rings (SSSR count). The van der Waals surface area contributed by atoms with E-state index in [1.54, 1.807) is 0 Å². The molecule has 1 fully saturated rings. The molecule has 0 unspecified atom stereocenters. The molecule has 1 aliphatic rings. The lowest BCUT2D eigenvalue weighted by Gasteiger charge is -2.13. The van der Waals surface area contributed by atoms with Gasteiger partial charge in [0.2, 0.25) is 0 Å². The number of benzene rings is 1. The van der Waals surface area contributed by atoms with Crippen molar-refractivity contribution >= 4 is 5.97 Å². The highest BCUT2D eigenvalue weighted by atomic mass is 19.1. The molecule has 2 N–H and O–H groups in total. The average Bonchev–Trinajstić information content (AvgIpc) is 2.97. The molecular formula is C11H10F2O3. The monoisotopic (exact) mass is 228 g/mol. The van der Waals surface area contributed by atoms with Gasteiger partial charge in [0.25, 0.3) is 0 Å². The number of aliphatic carboxylic acids is 1. The molecule has 0 spiro atoms. The van der Waals surface area contributed by atoms with Crippen LogP contribution in [0.3, 0.4) is 0 Å². The Hall–Kier alpha value is -1.49. The van der Waals surface area contributed by atoms with Gasteiger partial charge >= 0.3 is 5.97 Å². The van der Waals surface area contributed by atoms with Gasteiger partial charge in [-0.15, -0.1) is 0 Å². The molecule has 0 radical (unpaired) electrons. The van der Waals surface area contributed by atoms with Crippen LogP contribution >= 0.6 is 0 Å². The maximum atomic E-state index is 13.5. The summed E-state index contributed by atoms with van der Waals surface area (Å²) in [5.74, 6) is -3.20. The third-order valence-electron chi connectivity index (χ3n) is 3.12. The number of rotatable bonds is 3. The molecule has 0 saturated heterocycles. The lowest BCUT2D eigenvalue weighted by molar-refractivity contribution is -0.140. The molecule has 86 valence electrons. The van der Waals surface area contributed by atoms with Gasteiger partial charge in [-0.25, -0.2) is 8.78 Å². The number of hydrogen-bond acceptors (Lipinski definition) is 2. The van der Waals surface area contributed by atoms with Crippen LogP contribution < -0.4 is 0 Å². The quantitative estimate of drug-likeness (QED) is 0.819. The second-order valence-electron chi connectivity index (χ2n) is 3.98. The summed E-state index contributed by atoms with van der Waals surface area (Å²) in [6.07, 6.45) is 0.138. The van der Waals surface area contributed by atoms with E-state index in [0.29, 0.717) is 0 Å². The van der Waals surface area contributed by atoms with Crippen molar-refractivity contribution < 1.29 is 23.8 Å². The smallest absolute Gasteiger partial charge is 0.314 e. The van der Waals surface area contributed by atoms with E-state index in [-0.39, 0.29) is 18.6 Å². The first-order valence-corrected chi connectivity index (χ1v) is 4.82. The van der Waals surface area contributed by atoms with Gasteiger partial charge in [0.1, 0.15) is 17.0 Å². The van der Waals surface area contributed by atoms with Gasteiger partial charge in [-0.2, -0.15) is 0 Å². The highest BCUT2D eigenvalue weighted by molar-refractivity contribution is 5.86. The van der Waals surface area contributed by atoms with E-state index in [4.69, 9.17) is 10.2 Å². The molecule has 3 nitrogen and oxygen atoms in total. The molecule has 0 heterocycles. The first kappa shape index (κ1) is 11.0. The minimum atomic E-state index is -1.46. The molecule has 0 bridgehead atoms. The number of carboxylic acids is 1. The van der Waals surface area contributed by atoms with E-state index >= 15 is 0 Å². The fourth-order valence-corrected chi connectivity index (χ4v) is 2.10. The van der Waals surface area contributed by atoms with E-state index in [2.05, 4.69) is 0 Å². The standard InChI is InChI=1S/C11H10F2O3/c12-7-1-2-9(13)8(3-7)11(10(15)16)4-6(11)5-14/h1-3,6,14H,4-5H2,(H,15,16)/t6-,11-/m1/s1. The molecule has 5 heteroatoms. The number of aliphatic hydroxyl groups is 1. The van der Waals surface area contributed by atoms with Crippen molar-refractivity contribution in [2.75, 3.05) is 6.61 Å². The highest BCUT2D eigenvalue weighted by Crippen LogP contribution is 2.54. The molecule has 0 aromatic heterocycles. The van der Waals surface area contributed by atoms with Gasteiger partial charge in [-0.3, -0.25) is 4.79 Å². The Morgan fingerprint density at radius 2 is 2.19 bits per heavy atom. The second-order valence-corrected chi connectivity index (χ2v) is 3.98. The molecule has 1 aromatic carbocycles. The lowest BCUT2D eigenvalue weighted by atomic mass is 9.93. The zero-order valence-electron chi connectivity index (χ0n) is 8.28. The fraction of sp³-hybridized carbons (Fsp3) is 0.364. The minimum absolute atomic E-state index is 0.138. The minimum Gasteiger partial charge on any atom is -0.481 e. The van der Waals surface area contributed by atoms with Crippen molar-refractivity contribution in [2.24, 2.45) is 5.92 Å². The summed E-state index contributed by atoms with van der Waals surface area (Å²) in [4.78, 5) is 11.1. The first-order valence-electron chi connectivity index (χ1n) is 4.82. The van der Waals surface area contributed by atoms with E-state index in [1.165, 1.54) is 0 Å². The maximum Gasteiger partial charge on any atom is 0.314 e. The van der Waals surface area contributed by atoms with Crippen LogP contribution in [0.25, 0.3) is 0 Å². The number of carboxylic acid groups (broad SMARTS) is 1. The normalized spacial score (nSPS) is 27.8. The molecule has 2 atom stereocenters. The van der Waals surface area contributed by atoms with E-state index in [9.17, 15) is 13.6 Å². The second kappa shape index (κ2) is 3.52. The molecule has 1 aromatic rings. The van der Waals surface area contributed by atoms with Crippen molar-refractivity contribution in [2.45, 2.75) is 11.8 Å². The molecule has 1 saturated carbocycles. The lowest BCUT2D eigenvalue weighted by Crippen LogP contribution is -2.25. The Bertz CT molecular complexity index is 447. The van der Waals surface area contributed by atoms with Crippen molar-refractivity contribution in [3.8, 4) is 0 Å². The van der Waals surface area contributed by atoms with Crippen LogP contribution in [-0.2, 0) is 10.2 Å². The summed E-state index contributed by atoms with van der Waals surface area (Å²) in [6.45, 7) is -0.345. The summed E-state index contributed by atoms with van der Waals surface area (Å²) in [5, 5.41) is 18.0. The van der Waals surface area contributed by atoms with Crippen LogP contribution in [0.4, 0.5) is 8.78 Å². The third-order valence-corrected chi connectivity index (χ3v) is 3.12. The zero-order valence-corrected chi connectivity index (χ0v) is 8.28. The van der Waals surface area contributed by atoms with Crippen molar-refractivity contribution in [3.05, 3.63) is 35.4 Å². The Morgan fingerprint density at radius 1 is 1.50 bits per heavy atom. The fourth-order valence-electron chi connectivity index (χ4n) is 2.10. The first-order chi connectivity index (χ1) is 7.52. The number of halogens is 2. The molecular weight excluding hydrogens is 218 g/mol. The highest BCUT2D eigenvalue weighted by Gasteiger charge is 2.62. The van der Waals surface area contributed by atoms with Gasteiger partial charge in [0, 0.05) is 18.1 Å². The van der Waals surface area contributed by atoms with Crippen LogP contribution in [0.5, 0.6) is 0 Å². The SMILES string of the molecule is O=C(O)[C@]1(c2cc(F)ccc2F)C[C@@H]1CO. The Balaban J connectivity index is 2.50. The van der Waals surface area contributed by atoms with Crippen molar-refractivity contribution in [3.63, 3.8) is 0 Å². The van der Waals surface area contributed by atoms with Crippen molar-refractivity contribution in [1.29, 1.82) is 0 Å². The molecule has 0 aliphatic heterocycles. The third kappa shape index (κ3) is 1.39. The van der Waals surface area contributed by atoms with Gasteiger partial charge in [0.05, 0.1) is 0 Å². The summed E-state index contributed by atoms with van der Waals surface area (Å²) in [7, 11) is 0. The molecule has 0 amide bonds. The Kier molecular flexibility index (Phi) is 2.42. The Morgan fingerprint density at radius 3 is 2.69 bits per heavy atom.